The zero-order valence-electron chi connectivity index (χ0n) is 18.1. The third kappa shape index (κ3) is 5.06. The molecule has 1 aromatic carbocycles. The molecular weight excluding hydrogens is 400 g/mol. The second-order valence-corrected chi connectivity index (χ2v) is 8.78. The first-order chi connectivity index (χ1) is 14.6. The van der Waals surface area contributed by atoms with Crippen LogP contribution in [0.5, 0.6) is 0 Å². The van der Waals surface area contributed by atoms with Crippen LogP contribution in [0.1, 0.15) is 28.9 Å². The molecule has 2 atom stereocenters. The average Bonchev–Trinajstić information content (AvgIpc) is 3.37. The molecule has 2 aromatic rings. The predicted molar refractivity (Wildman–Crippen MR) is 119 cm³/mol. The number of benzene rings is 1. The zero-order chi connectivity index (χ0) is 20.9. The Bertz CT molecular complexity index is 829. The number of aryl methyl sites for hydroxylation is 1. The van der Waals surface area contributed by atoms with Gasteiger partial charge in [0.1, 0.15) is 0 Å². The average molecular weight is 433 g/mol. The quantitative estimate of drug-likeness (QED) is 0.694. The van der Waals surface area contributed by atoms with Crippen molar-refractivity contribution in [1.29, 1.82) is 0 Å². The molecule has 0 radical (unpaired) electrons. The van der Waals surface area contributed by atoms with Crippen LogP contribution in [-0.4, -0.2) is 66.8 Å². The zero-order valence-corrected chi connectivity index (χ0v) is 18.8. The van der Waals surface area contributed by atoms with Gasteiger partial charge in [-0.2, -0.15) is 5.10 Å². The smallest absolute Gasteiger partial charge is 0.0677 e. The van der Waals surface area contributed by atoms with Crippen molar-refractivity contribution in [3.8, 4) is 0 Å². The Balaban J connectivity index is 1.40. The third-order valence-electron chi connectivity index (χ3n) is 6.49. The van der Waals surface area contributed by atoms with Gasteiger partial charge in [0, 0.05) is 61.0 Å². The van der Waals surface area contributed by atoms with Gasteiger partial charge in [-0.15, -0.1) is 0 Å². The predicted octanol–water partition coefficient (Wildman–Crippen LogP) is 3.03. The maximum atomic E-state index is 6.35. The molecule has 2 saturated heterocycles. The number of aromatic nitrogens is 2. The molecule has 2 aliphatic rings. The SMILES string of the molecule is Cc1nn(Cc2ccccc2Cl)c(C)c1CNCC(C1CCOC1)N1CCOCC1. The molecule has 30 heavy (non-hydrogen) atoms. The summed E-state index contributed by atoms with van der Waals surface area (Å²) in [7, 11) is 0. The van der Waals surface area contributed by atoms with Gasteiger partial charge in [0.05, 0.1) is 32.1 Å². The van der Waals surface area contributed by atoms with Crippen LogP contribution in [0.15, 0.2) is 24.3 Å². The minimum atomic E-state index is 0.496. The molecular formula is C23H33ClN4O2. The topological polar surface area (TPSA) is 51.5 Å². The second-order valence-electron chi connectivity index (χ2n) is 8.37. The molecule has 2 unspecified atom stereocenters. The van der Waals surface area contributed by atoms with Crippen molar-refractivity contribution in [3.63, 3.8) is 0 Å². The molecule has 0 aliphatic carbocycles. The van der Waals surface area contributed by atoms with Crippen molar-refractivity contribution in [3.05, 3.63) is 51.8 Å². The summed E-state index contributed by atoms with van der Waals surface area (Å²) in [6, 6.07) is 8.48. The highest BCUT2D eigenvalue weighted by atomic mass is 35.5. The van der Waals surface area contributed by atoms with E-state index in [1.54, 1.807) is 0 Å². The van der Waals surface area contributed by atoms with Gasteiger partial charge < -0.3 is 14.8 Å². The molecule has 6 nitrogen and oxygen atoms in total. The molecule has 1 aromatic heterocycles. The number of halogens is 1. The Morgan fingerprint density at radius 3 is 2.70 bits per heavy atom. The highest BCUT2D eigenvalue weighted by molar-refractivity contribution is 6.31. The van der Waals surface area contributed by atoms with Gasteiger partial charge in [0.2, 0.25) is 0 Å². The maximum absolute atomic E-state index is 6.35. The van der Waals surface area contributed by atoms with Crippen LogP contribution < -0.4 is 5.32 Å². The minimum Gasteiger partial charge on any atom is -0.381 e. The maximum Gasteiger partial charge on any atom is 0.0677 e. The van der Waals surface area contributed by atoms with E-state index >= 15 is 0 Å². The van der Waals surface area contributed by atoms with Gasteiger partial charge in [-0.25, -0.2) is 0 Å². The van der Waals surface area contributed by atoms with E-state index in [0.717, 1.165) is 75.3 Å². The number of ether oxygens (including phenoxy) is 2. The minimum absolute atomic E-state index is 0.496. The third-order valence-corrected chi connectivity index (χ3v) is 6.86. The van der Waals surface area contributed by atoms with E-state index in [2.05, 4.69) is 34.8 Å². The Morgan fingerprint density at radius 1 is 1.17 bits per heavy atom. The lowest BCUT2D eigenvalue weighted by Crippen LogP contribution is -2.51. The number of morpholine rings is 1. The lowest BCUT2D eigenvalue weighted by atomic mass is 9.96. The normalized spacial score (nSPS) is 21.2. The molecule has 1 N–H and O–H groups in total. The molecule has 2 fully saturated rings. The molecule has 7 heteroatoms. The first-order valence-corrected chi connectivity index (χ1v) is 11.4. The number of hydrogen-bond acceptors (Lipinski definition) is 5. The molecule has 0 saturated carbocycles. The Morgan fingerprint density at radius 2 is 1.97 bits per heavy atom. The first kappa shape index (κ1) is 21.8. The standard InChI is InChI=1S/C23H33ClN4O2/c1-17-21(18(2)28(26-17)15-19-5-3-4-6-22(19)24)13-25-14-23(20-7-10-30-16-20)27-8-11-29-12-9-27/h3-6,20,23,25H,7-16H2,1-2H3. The van der Waals surface area contributed by atoms with E-state index in [1.165, 1.54) is 11.3 Å². The summed E-state index contributed by atoms with van der Waals surface area (Å²) < 4.78 is 13.3. The van der Waals surface area contributed by atoms with Crippen LogP contribution in [0, 0.1) is 19.8 Å². The molecule has 0 amide bonds. The number of nitrogens with zero attached hydrogens (tertiary/aromatic N) is 3. The van der Waals surface area contributed by atoms with E-state index in [1.807, 2.05) is 18.2 Å². The highest BCUT2D eigenvalue weighted by Crippen LogP contribution is 2.23. The molecule has 164 valence electrons. The Labute approximate surface area is 184 Å². The Kier molecular flexibility index (Phi) is 7.44. The van der Waals surface area contributed by atoms with E-state index in [4.69, 9.17) is 26.2 Å². The van der Waals surface area contributed by atoms with E-state index in [-0.39, 0.29) is 0 Å². The summed E-state index contributed by atoms with van der Waals surface area (Å²) >= 11 is 6.35. The van der Waals surface area contributed by atoms with Gasteiger partial charge in [-0.1, -0.05) is 29.8 Å². The van der Waals surface area contributed by atoms with Gasteiger partial charge in [0.25, 0.3) is 0 Å². The number of rotatable bonds is 8. The fraction of sp³-hybridized carbons (Fsp3) is 0.609. The number of nitrogens with one attached hydrogen (secondary N) is 1. The van der Waals surface area contributed by atoms with Crippen LogP contribution in [0.4, 0.5) is 0 Å². The van der Waals surface area contributed by atoms with Crippen LogP contribution in [0.3, 0.4) is 0 Å². The lowest BCUT2D eigenvalue weighted by molar-refractivity contribution is 0.00137. The van der Waals surface area contributed by atoms with E-state index < -0.39 is 0 Å². The van der Waals surface area contributed by atoms with Crippen LogP contribution in [-0.2, 0) is 22.6 Å². The molecule has 3 heterocycles. The van der Waals surface area contributed by atoms with Gasteiger partial charge >= 0.3 is 0 Å². The number of hydrogen-bond donors (Lipinski definition) is 1. The van der Waals surface area contributed by atoms with Crippen molar-refractivity contribution in [2.75, 3.05) is 46.1 Å². The second kappa shape index (κ2) is 10.2. The van der Waals surface area contributed by atoms with Gasteiger partial charge in [-0.3, -0.25) is 9.58 Å². The molecule has 4 rings (SSSR count). The van der Waals surface area contributed by atoms with Crippen LogP contribution in [0.2, 0.25) is 5.02 Å². The van der Waals surface area contributed by atoms with E-state index in [9.17, 15) is 0 Å². The summed E-state index contributed by atoms with van der Waals surface area (Å²) in [6.07, 6.45) is 1.15. The lowest BCUT2D eigenvalue weighted by Gasteiger charge is -2.37. The van der Waals surface area contributed by atoms with Crippen LogP contribution >= 0.6 is 11.6 Å². The van der Waals surface area contributed by atoms with Crippen molar-refractivity contribution >= 4 is 11.6 Å². The van der Waals surface area contributed by atoms with Gasteiger partial charge in [0.15, 0.2) is 0 Å². The summed E-state index contributed by atoms with van der Waals surface area (Å²) in [5.41, 5.74) is 4.66. The van der Waals surface area contributed by atoms with Crippen molar-refractivity contribution in [2.24, 2.45) is 5.92 Å². The highest BCUT2D eigenvalue weighted by Gasteiger charge is 2.31. The summed E-state index contributed by atoms with van der Waals surface area (Å²) in [5.74, 6) is 0.598. The largest absolute Gasteiger partial charge is 0.381 e. The van der Waals surface area contributed by atoms with E-state index in [0.29, 0.717) is 18.5 Å². The summed E-state index contributed by atoms with van der Waals surface area (Å²) in [6.45, 7) is 12.2. The monoisotopic (exact) mass is 432 g/mol. The summed E-state index contributed by atoms with van der Waals surface area (Å²) in [4.78, 5) is 2.58. The fourth-order valence-corrected chi connectivity index (χ4v) is 4.83. The van der Waals surface area contributed by atoms with Crippen molar-refractivity contribution < 1.29 is 9.47 Å². The molecule has 2 aliphatic heterocycles. The fourth-order valence-electron chi connectivity index (χ4n) is 4.64. The molecule has 0 bridgehead atoms. The van der Waals surface area contributed by atoms with Crippen LogP contribution in [0.25, 0.3) is 0 Å². The summed E-state index contributed by atoms with van der Waals surface area (Å²) in [5, 5.41) is 9.30. The van der Waals surface area contributed by atoms with Crippen molar-refractivity contribution in [1.82, 2.24) is 20.0 Å². The molecule has 0 spiro atoms. The Hall–Kier alpha value is -1.44. The van der Waals surface area contributed by atoms with Crippen molar-refractivity contribution in [2.45, 2.75) is 39.4 Å². The first-order valence-electron chi connectivity index (χ1n) is 11.0. The van der Waals surface area contributed by atoms with Gasteiger partial charge in [-0.05, 0) is 31.9 Å².